The van der Waals surface area contributed by atoms with Gasteiger partial charge in [-0.1, -0.05) is 30.4 Å². The van der Waals surface area contributed by atoms with Gasteiger partial charge in [-0.25, -0.2) is 0 Å². The van der Waals surface area contributed by atoms with Gasteiger partial charge in [0.05, 0.1) is 7.11 Å². The molecule has 0 aromatic heterocycles. The van der Waals surface area contributed by atoms with E-state index >= 15 is 0 Å². The van der Waals surface area contributed by atoms with E-state index in [2.05, 4.69) is 12.2 Å². The third kappa shape index (κ3) is 2.04. The molecule has 0 fully saturated rings. The fourth-order valence-corrected chi connectivity index (χ4v) is 1.75. The van der Waals surface area contributed by atoms with Gasteiger partial charge in [-0.05, 0) is 24.1 Å². The molecule has 2 rings (SSSR count). The fourth-order valence-electron chi connectivity index (χ4n) is 1.75. The molecule has 0 heterocycles. The van der Waals surface area contributed by atoms with Crippen molar-refractivity contribution in [2.24, 2.45) is 0 Å². The highest BCUT2D eigenvalue weighted by Gasteiger charge is 2.11. The predicted octanol–water partition coefficient (Wildman–Crippen LogP) is 3.00. The van der Waals surface area contributed by atoms with E-state index in [0.29, 0.717) is 11.7 Å². The Balaban J connectivity index is 2.29. The predicted molar refractivity (Wildman–Crippen MR) is 60.3 cm³/mol. The van der Waals surface area contributed by atoms with Crippen LogP contribution in [0.25, 0.3) is 0 Å². The number of allylic oxidation sites excluding steroid dienone is 4. The van der Waals surface area contributed by atoms with Crippen LogP contribution in [-0.2, 0) is 0 Å². The number of phenols is 1. The number of hydrogen-bond donors (Lipinski definition) is 1. The maximum absolute atomic E-state index is 9.48. The number of ether oxygens (including phenoxy) is 1. The summed E-state index contributed by atoms with van der Waals surface area (Å²) < 4.78 is 5.08. The molecule has 1 aromatic rings. The summed E-state index contributed by atoms with van der Waals surface area (Å²) in [6.07, 6.45) is 9.40. The van der Waals surface area contributed by atoms with Crippen LogP contribution in [0.2, 0.25) is 0 Å². The van der Waals surface area contributed by atoms with Crippen LogP contribution in [0.5, 0.6) is 11.5 Å². The SMILES string of the molecule is COc1cc([C@H]2C=CC=CC2)ccc1O. The van der Waals surface area contributed by atoms with Crippen LogP contribution in [0.4, 0.5) is 0 Å². The van der Waals surface area contributed by atoms with E-state index in [1.807, 2.05) is 24.3 Å². The van der Waals surface area contributed by atoms with E-state index in [0.717, 1.165) is 6.42 Å². The lowest BCUT2D eigenvalue weighted by Gasteiger charge is -2.14. The quantitative estimate of drug-likeness (QED) is 0.798. The summed E-state index contributed by atoms with van der Waals surface area (Å²) in [5, 5.41) is 9.48. The van der Waals surface area contributed by atoms with Crippen molar-refractivity contribution in [3.05, 3.63) is 48.1 Å². The molecule has 0 spiro atoms. The Morgan fingerprint density at radius 2 is 2.20 bits per heavy atom. The fraction of sp³-hybridized carbons (Fsp3) is 0.231. The molecule has 15 heavy (non-hydrogen) atoms. The van der Waals surface area contributed by atoms with E-state index in [-0.39, 0.29) is 5.75 Å². The van der Waals surface area contributed by atoms with Crippen LogP contribution < -0.4 is 4.74 Å². The van der Waals surface area contributed by atoms with Crippen LogP contribution in [0.15, 0.2) is 42.5 Å². The molecule has 1 aliphatic rings. The molecule has 0 saturated heterocycles. The standard InChI is InChI=1S/C13H14O2/c1-15-13-9-11(7-8-12(13)14)10-5-3-2-4-6-10/h2-5,7-10,14H,6H2,1H3/t10-/m0/s1. The maximum atomic E-state index is 9.48. The van der Waals surface area contributed by atoms with Crippen molar-refractivity contribution in [1.29, 1.82) is 0 Å². The molecule has 1 N–H and O–H groups in total. The number of phenolic OH excluding ortho intramolecular Hbond substituents is 1. The van der Waals surface area contributed by atoms with Crippen molar-refractivity contribution in [1.82, 2.24) is 0 Å². The summed E-state index contributed by atoms with van der Waals surface area (Å²) in [5.41, 5.74) is 1.17. The molecule has 0 saturated carbocycles. The first kappa shape index (κ1) is 9.84. The Kier molecular flexibility index (Phi) is 2.77. The summed E-state index contributed by atoms with van der Waals surface area (Å²) in [6, 6.07) is 5.51. The van der Waals surface area contributed by atoms with Crippen molar-refractivity contribution in [3.8, 4) is 11.5 Å². The molecule has 2 heteroatoms. The summed E-state index contributed by atoms with van der Waals surface area (Å²) >= 11 is 0. The van der Waals surface area contributed by atoms with Gasteiger partial charge in [0.25, 0.3) is 0 Å². The van der Waals surface area contributed by atoms with Crippen LogP contribution >= 0.6 is 0 Å². The van der Waals surface area contributed by atoms with Crippen molar-refractivity contribution in [3.63, 3.8) is 0 Å². The molecule has 0 amide bonds. The minimum absolute atomic E-state index is 0.191. The van der Waals surface area contributed by atoms with E-state index in [9.17, 15) is 5.11 Å². The summed E-state index contributed by atoms with van der Waals surface area (Å²) in [4.78, 5) is 0. The second-order valence-corrected chi connectivity index (χ2v) is 3.59. The van der Waals surface area contributed by atoms with Gasteiger partial charge in [-0.15, -0.1) is 0 Å². The number of rotatable bonds is 2. The molecule has 78 valence electrons. The Hall–Kier alpha value is -1.70. The van der Waals surface area contributed by atoms with Gasteiger partial charge < -0.3 is 9.84 Å². The molecule has 1 aliphatic carbocycles. The largest absolute Gasteiger partial charge is 0.504 e. The smallest absolute Gasteiger partial charge is 0.160 e. The molecule has 0 radical (unpaired) electrons. The first-order valence-corrected chi connectivity index (χ1v) is 5.01. The number of aromatic hydroxyl groups is 1. The molecular formula is C13H14O2. The number of methoxy groups -OCH3 is 1. The first-order valence-electron chi connectivity index (χ1n) is 5.01. The van der Waals surface area contributed by atoms with Crippen LogP contribution in [0.3, 0.4) is 0 Å². The third-order valence-corrected chi connectivity index (χ3v) is 2.61. The first-order chi connectivity index (χ1) is 7.31. The Labute approximate surface area is 89.5 Å². The average molecular weight is 202 g/mol. The monoisotopic (exact) mass is 202 g/mol. The molecule has 1 atom stereocenters. The lowest BCUT2D eigenvalue weighted by Crippen LogP contribution is -1.96. The van der Waals surface area contributed by atoms with E-state index < -0.39 is 0 Å². The van der Waals surface area contributed by atoms with Gasteiger partial charge in [-0.3, -0.25) is 0 Å². The summed E-state index contributed by atoms with van der Waals surface area (Å²) in [5.74, 6) is 1.12. The number of benzene rings is 1. The molecule has 0 bridgehead atoms. The molecule has 1 aromatic carbocycles. The van der Waals surface area contributed by atoms with Gasteiger partial charge in [0.2, 0.25) is 0 Å². The van der Waals surface area contributed by atoms with Crippen LogP contribution in [0.1, 0.15) is 17.9 Å². The molecule has 0 aliphatic heterocycles. The Bertz CT molecular complexity index is 405. The average Bonchev–Trinajstić information content (AvgIpc) is 2.31. The maximum Gasteiger partial charge on any atom is 0.160 e. The van der Waals surface area contributed by atoms with Gasteiger partial charge in [0.15, 0.2) is 11.5 Å². The number of hydrogen-bond acceptors (Lipinski definition) is 2. The van der Waals surface area contributed by atoms with Crippen LogP contribution in [-0.4, -0.2) is 12.2 Å². The minimum Gasteiger partial charge on any atom is -0.504 e. The van der Waals surface area contributed by atoms with Gasteiger partial charge in [-0.2, -0.15) is 0 Å². The van der Waals surface area contributed by atoms with E-state index in [4.69, 9.17) is 4.74 Å². The van der Waals surface area contributed by atoms with Gasteiger partial charge in [0, 0.05) is 5.92 Å². The zero-order valence-corrected chi connectivity index (χ0v) is 8.68. The highest BCUT2D eigenvalue weighted by atomic mass is 16.5. The van der Waals surface area contributed by atoms with Crippen molar-refractivity contribution in [2.45, 2.75) is 12.3 Å². The molecule has 0 unspecified atom stereocenters. The van der Waals surface area contributed by atoms with Crippen molar-refractivity contribution < 1.29 is 9.84 Å². The van der Waals surface area contributed by atoms with Gasteiger partial charge in [0.1, 0.15) is 0 Å². The highest BCUT2D eigenvalue weighted by molar-refractivity contribution is 5.44. The zero-order chi connectivity index (χ0) is 10.7. The second-order valence-electron chi connectivity index (χ2n) is 3.59. The Morgan fingerprint density at radius 3 is 2.87 bits per heavy atom. The second kappa shape index (κ2) is 4.22. The van der Waals surface area contributed by atoms with Gasteiger partial charge >= 0.3 is 0 Å². The minimum atomic E-state index is 0.191. The summed E-state index contributed by atoms with van der Waals surface area (Å²) in [6.45, 7) is 0. The van der Waals surface area contributed by atoms with Crippen molar-refractivity contribution in [2.75, 3.05) is 7.11 Å². The molecular weight excluding hydrogens is 188 g/mol. The molecule has 2 nitrogen and oxygen atoms in total. The lowest BCUT2D eigenvalue weighted by molar-refractivity contribution is 0.373. The normalized spacial score (nSPS) is 19.1. The Morgan fingerprint density at radius 1 is 1.33 bits per heavy atom. The van der Waals surface area contributed by atoms with E-state index in [1.54, 1.807) is 13.2 Å². The van der Waals surface area contributed by atoms with E-state index in [1.165, 1.54) is 5.56 Å². The summed E-state index contributed by atoms with van der Waals surface area (Å²) in [7, 11) is 1.56. The highest BCUT2D eigenvalue weighted by Crippen LogP contribution is 2.32. The third-order valence-electron chi connectivity index (χ3n) is 2.61. The topological polar surface area (TPSA) is 29.5 Å². The zero-order valence-electron chi connectivity index (χ0n) is 8.68. The lowest BCUT2D eigenvalue weighted by atomic mass is 9.92. The van der Waals surface area contributed by atoms with Crippen LogP contribution in [0, 0.1) is 0 Å². The van der Waals surface area contributed by atoms with Crippen molar-refractivity contribution >= 4 is 0 Å².